The summed E-state index contributed by atoms with van der Waals surface area (Å²) in [7, 11) is 0. The summed E-state index contributed by atoms with van der Waals surface area (Å²) in [6, 6.07) is 10.4. The monoisotopic (exact) mass is 430 g/mol. The van der Waals surface area contributed by atoms with Crippen molar-refractivity contribution in [3.8, 4) is 5.75 Å². The molecule has 0 aromatic heterocycles. The Morgan fingerprint density at radius 1 is 0.967 bits per heavy atom. The van der Waals surface area contributed by atoms with Crippen LogP contribution < -0.4 is 15.4 Å². The van der Waals surface area contributed by atoms with Gasteiger partial charge in [-0.2, -0.15) is 0 Å². The lowest BCUT2D eigenvalue weighted by atomic mass is 9.89. The Labute approximate surface area is 182 Å². The van der Waals surface area contributed by atoms with Gasteiger partial charge in [0.05, 0.1) is 17.1 Å². The van der Waals surface area contributed by atoms with E-state index in [1.807, 2.05) is 32.0 Å². The van der Waals surface area contributed by atoms with Gasteiger partial charge in [-0.15, -0.1) is 0 Å². The number of aryl methyl sites for hydroxylation is 2. The first-order valence-corrected chi connectivity index (χ1v) is 9.96. The Kier molecular flexibility index (Phi) is 7.62. The topological polar surface area (TPSA) is 84.5 Å². The fourth-order valence-electron chi connectivity index (χ4n) is 2.61. The largest absolute Gasteiger partial charge is 0.483 e. The molecule has 160 valence electrons. The molecule has 0 aliphatic heterocycles. The molecule has 0 heterocycles. The van der Waals surface area contributed by atoms with E-state index in [1.165, 1.54) is 6.07 Å². The van der Waals surface area contributed by atoms with Gasteiger partial charge < -0.3 is 15.4 Å². The van der Waals surface area contributed by atoms with E-state index in [0.717, 1.165) is 11.1 Å². The minimum atomic E-state index is -0.604. The molecule has 0 aliphatic rings. The van der Waals surface area contributed by atoms with Gasteiger partial charge in [-0.25, -0.2) is 0 Å². The molecule has 0 saturated carbocycles. The molecule has 6 nitrogen and oxygen atoms in total. The molecule has 2 N–H and O–H groups in total. The second kappa shape index (κ2) is 9.76. The normalized spacial score (nSPS) is 11.0. The van der Waals surface area contributed by atoms with Gasteiger partial charge in [-0.05, 0) is 43.7 Å². The summed E-state index contributed by atoms with van der Waals surface area (Å²) in [6.45, 7) is 9.01. The highest BCUT2D eigenvalue weighted by atomic mass is 35.5. The summed E-state index contributed by atoms with van der Waals surface area (Å²) in [5, 5.41) is 5.63. The molecule has 2 rings (SSSR count). The molecular formula is C23H27ClN2O4. The zero-order valence-corrected chi connectivity index (χ0v) is 18.6. The molecule has 30 heavy (non-hydrogen) atoms. The number of benzene rings is 2. The van der Waals surface area contributed by atoms with Crippen molar-refractivity contribution in [2.75, 3.05) is 17.2 Å². The number of ketones is 1. The van der Waals surface area contributed by atoms with E-state index in [1.54, 1.807) is 32.9 Å². The maximum absolute atomic E-state index is 12.2. The Bertz CT molecular complexity index is 964. The third-order valence-electron chi connectivity index (χ3n) is 4.37. The zero-order chi connectivity index (χ0) is 22.5. The van der Waals surface area contributed by atoms with Gasteiger partial charge in [0.1, 0.15) is 11.5 Å². The van der Waals surface area contributed by atoms with Crippen molar-refractivity contribution >= 4 is 40.6 Å². The summed E-state index contributed by atoms with van der Waals surface area (Å²) in [6.07, 6.45) is -0.250. The number of amides is 2. The van der Waals surface area contributed by atoms with Crippen LogP contribution in [-0.2, 0) is 14.4 Å². The van der Waals surface area contributed by atoms with Crippen LogP contribution in [0.4, 0.5) is 11.4 Å². The second-order valence-electron chi connectivity index (χ2n) is 8.20. The van der Waals surface area contributed by atoms with E-state index in [2.05, 4.69) is 10.6 Å². The van der Waals surface area contributed by atoms with E-state index in [-0.39, 0.29) is 24.7 Å². The molecule has 0 bridgehead atoms. The molecule has 2 amide bonds. The fraction of sp³-hybridized carbons (Fsp3) is 0.348. The predicted octanol–water partition coefficient (Wildman–Crippen LogP) is 4.92. The van der Waals surface area contributed by atoms with E-state index >= 15 is 0 Å². The van der Waals surface area contributed by atoms with Crippen molar-refractivity contribution in [1.29, 1.82) is 0 Å². The molecule has 0 aliphatic carbocycles. The highest BCUT2D eigenvalue weighted by Crippen LogP contribution is 2.26. The number of nitrogens with one attached hydrogen (secondary N) is 2. The lowest BCUT2D eigenvalue weighted by Gasteiger charge is -2.16. The molecule has 0 radical (unpaired) electrons. The first-order chi connectivity index (χ1) is 14.0. The third kappa shape index (κ3) is 6.88. The van der Waals surface area contributed by atoms with Crippen molar-refractivity contribution < 1.29 is 19.1 Å². The smallest absolute Gasteiger partial charge is 0.262 e. The minimum Gasteiger partial charge on any atom is -0.483 e. The Balaban J connectivity index is 1.97. The van der Waals surface area contributed by atoms with Crippen molar-refractivity contribution in [1.82, 2.24) is 0 Å². The summed E-state index contributed by atoms with van der Waals surface area (Å²) >= 11 is 6.14. The van der Waals surface area contributed by atoms with Crippen molar-refractivity contribution in [2.24, 2.45) is 5.41 Å². The zero-order valence-electron chi connectivity index (χ0n) is 17.9. The number of carbonyl (C=O) groups excluding carboxylic acids is 3. The van der Waals surface area contributed by atoms with Crippen LogP contribution in [0.3, 0.4) is 0 Å². The molecule has 0 unspecified atom stereocenters. The van der Waals surface area contributed by atoms with Crippen LogP contribution in [0.15, 0.2) is 36.4 Å². The van der Waals surface area contributed by atoms with Gasteiger partial charge in [-0.3, -0.25) is 14.4 Å². The number of ether oxygens (including phenoxy) is 1. The number of hydrogen-bond acceptors (Lipinski definition) is 4. The number of Topliss-reactive ketones (excluding diaryl/α,β-unsaturated/α-hetero) is 1. The summed E-state index contributed by atoms with van der Waals surface area (Å²) in [5.74, 6) is -0.344. The Morgan fingerprint density at radius 3 is 2.30 bits per heavy atom. The molecule has 7 heteroatoms. The molecule has 2 aromatic rings. The van der Waals surface area contributed by atoms with Gasteiger partial charge in [0.2, 0.25) is 5.91 Å². The van der Waals surface area contributed by atoms with E-state index in [0.29, 0.717) is 22.1 Å². The molecule has 0 saturated heterocycles. The number of halogens is 1. The second-order valence-corrected chi connectivity index (χ2v) is 8.61. The number of carbonyl (C=O) groups is 3. The van der Waals surface area contributed by atoms with Crippen LogP contribution >= 0.6 is 11.6 Å². The van der Waals surface area contributed by atoms with Crippen LogP contribution in [0.25, 0.3) is 0 Å². The van der Waals surface area contributed by atoms with Gasteiger partial charge in [-0.1, -0.05) is 50.1 Å². The lowest BCUT2D eigenvalue weighted by molar-refractivity contribution is -0.130. The van der Waals surface area contributed by atoms with Gasteiger partial charge in [0, 0.05) is 11.1 Å². The van der Waals surface area contributed by atoms with Gasteiger partial charge >= 0.3 is 0 Å². The van der Waals surface area contributed by atoms with E-state index in [4.69, 9.17) is 16.3 Å². The van der Waals surface area contributed by atoms with Crippen molar-refractivity contribution in [2.45, 2.75) is 41.0 Å². The first-order valence-electron chi connectivity index (χ1n) is 9.58. The van der Waals surface area contributed by atoms with Crippen molar-refractivity contribution in [3.05, 3.63) is 52.5 Å². The SMILES string of the molecule is Cc1ccc(OCC(=O)Nc2ccc(Cl)c(NC(=O)CC(=O)C(C)(C)C)c2)c(C)c1. The molecular weight excluding hydrogens is 404 g/mol. The van der Waals surface area contributed by atoms with Gasteiger partial charge in [0.25, 0.3) is 5.91 Å². The molecule has 0 spiro atoms. The lowest BCUT2D eigenvalue weighted by Crippen LogP contribution is -2.26. The Morgan fingerprint density at radius 2 is 1.67 bits per heavy atom. The van der Waals surface area contributed by atoms with Crippen molar-refractivity contribution in [3.63, 3.8) is 0 Å². The van der Waals surface area contributed by atoms with Crippen LogP contribution in [0.2, 0.25) is 5.02 Å². The number of rotatable bonds is 7. The van der Waals surface area contributed by atoms with Gasteiger partial charge in [0.15, 0.2) is 6.61 Å². The first kappa shape index (κ1) is 23.4. The quantitative estimate of drug-likeness (QED) is 0.610. The van der Waals surface area contributed by atoms with Crippen LogP contribution in [0, 0.1) is 19.3 Å². The molecule has 0 fully saturated rings. The average molecular weight is 431 g/mol. The van der Waals surface area contributed by atoms with E-state index in [9.17, 15) is 14.4 Å². The summed E-state index contributed by atoms with van der Waals surface area (Å²) in [4.78, 5) is 36.4. The third-order valence-corrected chi connectivity index (χ3v) is 4.70. The van der Waals surface area contributed by atoms with Crippen LogP contribution in [0.1, 0.15) is 38.3 Å². The molecule has 2 aromatic carbocycles. The number of anilines is 2. The maximum Gasteiger partial charge on any atom is 0.262 e. The summed E-state index contributed by atoms with van der Waals surface area (Å²) < 4.78 is 5.57. The highest BCUT2D eigenvalue weighted by molar-refractivity contribution is 6.34. The van der Waals surface area contributed by atoms with Crippen LogP contribution in [-0.4, -0.2) is 24.2 Å². The standard InChI is InChI=1S/C23H27ClN2O4/c1-14-6-9-19(15(2)10-14)30-13-22(29)25-16-7-8-17(24)18(11-16)26-21(28)12-20(27)23(3,4)5/h6-11H,12-13H2,1-5H3,(H,25,29)(H,26,28). The Hall–Kier alpha value is -2.86. The maximum atomic E-state index is 12.2. The van der Waals surface area contributed by atoms with E-state index < -0.39 is 11.3 Å². The fourth-order valence-corrected chi connectivity index (χ4v) is 2.77. The summed E-state index contributed by atoms with van der Waals surface area (Å²) in [5.41, 5.74) is 2.23. The predicted molar refractivity (Wildman–Crippen MR) is 119 cm³/mol. The average Bonchev–Trinajstić information content (AvgIpc) is 2.63. The minimum absolute atomic E-state index is 0.158. The molecule has 0 atom stereocenters. The highest BCUT2D eigenvalue weighted by Gasteiger charge is 2.24. The number of hydrogen-bond donors (Lipinski definition) is 2. The van der Waals surface area contributed by atoms with Crippen LogP contribution in [0.5, 0.6) is 5.75 Å².